The molecule has 1 aliphatic rings. The summed E-state index contributed by atoms with van der Waals surface area (Å²) in [5.74, 6) is -0.532. The molecule has 10 nitrogen and oxygen atoms in total. The standard InChI is InChI=1S/C29H33N5O5.ClH/c30-11-16-39-25-7-4-13-32-27(25)29(38)34-15-2-1-12-33-28(37)22-6-3-5-21(18-22)23-17-20(8-9-24(23)35)10-14-31-26(36)19-34;/h3-9,13,17-18,35H,1-2,10-12,14-16,19,30H2,(H,31,36)(H,33,37);1H. The van der Waals surface area contributed by atoms with Crippen LogP contribution in [0, 0.1) is 0 Å². The number of pyridine rings is 1. The van der Waals surface area contributed by atoms with Crippen molar-refractivity contribution in [2.75, 3.05) is 39.3 Å². The molecule has 1 aliphatic heterocycles. The predicted molar refractivity (Wildman–Crippen MR) is 154 cm³/mol. The normalized spacial score (nSPS) is 14.6. The van der Waals surface area contributed by atoms with Gasteiger partial charge in [-0.1, -0.05) is 18.2 Å². The van der Waals surface area contributed by atoms with Gasteiger partial charge < -0.3 is 31.1 Å². The zero-order chi connectivity index (χ0) is 27.6. The number of rotatable bonds is 4. The molecule has 40 heavy (non-hydrogen) atoms. The van der Waals surface area contributed by atoms with Crippen molar-refractivity contribution in [2.45, 2.75) is 19.3 Å². The molecule has 2 aromatic carbocycles. The van der Waals surface area contributed by atoms with Gasteiger partial charge >= 0.3 is 0 Å². The Morgan fingerprint density at radius 1 is 1.02 bits per heavy atom. The van der Waals surface area contributed by atoms with Crippen LogP contribution in [0.5, 0.6) is 11.5 Å². The van der Waals surface area contributed by atoms with E-state index in [0.717, 1.165) is 11.1 Å². The summed E-state index contributed by atoms with van der Waals surface area (Å²) < 4.78 is 5.60. The molecular formula is C29H34ClN5O5. The Balaban J connectivity index is 0.00000441. The zero-order valence-corrected chi connectivity index (χ0v) is 22.9. The number of nitrogens with one attached hydrogen (secondary N) is 2. The lowest BCUT2D eigenvalue weighted by Gasteiger charge is -2.23. The molecule has 4 bridgehead atoms. The van der Waals surface area contributed by atoms with Crippen LogP contribution in [0.1, 0.15) is 39.3 Å². The largest absolute Gasteiger partial charge is 0.507 e. The topological polar surface area (TPSA) is 147 Å². The molecule has 3 aromatic rings. The quantitative estimate of drug-likeness (QED) is 0.379. The smallest absolute Gasteiger partial charge is 0.276 e. The van der Waals surface area contributed by atoms with E-state index >= 15 is 0 Å². The maximum atomic E-state index is 13.4. The number of halogens is 1. The number of hydrogen-bond donors (Lipinski definition) is 4. The van der Waals surface area contributed by atoms with Gasteiger partial charge in [-0.3, -0.25) is 14.4 Å². The Morgan fingerprint density at radius 2 is 1.85 bits per heavy atom. The monoisotopic (exact) mass is 567 g/mol. The van der Waals surface area contributed by atoms with Gasteiger partial charge in [-0.2, -0.15) is 0 Å². The number of ether oxygens (including phenoxy) is 1. The van der Waals surface area contributed by atoms with E-state index in [1.165, 1.54) is 11.1 Å². The first-order chi connectivity index (χ1) is 19.0. The molecule has 0 fully saturated rings. The molecule has 1 aromatic heterocycles. The fourth-order valence-electron chi connectivity index (χ4n) is 4.34. The van der Waals surface area contributed by atoms with Gasteiger partial charge in [0.25, 0.3) is 11.8 Å². The number of aromatic hydroxyl groups is 1. The Kier molecular flexibility index (Phi) is 11.3. The van der Waals surface area contributed by atoms with E-state index in [1.807, 2.05) is 12.1 Å². The third-order valence-corrected chi connectivity index (χ3v) is 6.34. The molecule has 0 atom stereocenters. The first kappa shape index (κ1) is 30.4. The average Bonchev–Trinajstić information content (AvgIpc) is 2.95. The highest BCUT2D eigenvalue weighted by Crippen LogP contribution is 2.31. The molecule has 0 saturated carbocycles. The van der Waals surface area contributed by atoms with Crippen molar-refractivity contribution in [3.63, 3.8) is 0 Å². The molecule has 5 N–H and O–H groups in total. The number of aromatic nitrogens is 1. The fraction of sp³-hybridized carbons (Fsp3) is 0.310. The molecule has 0 spiro atoms. The lowest BCUT2D eigenvalue weighted by Crippen LogP contribution is -2.42. The molecule has 212 valence electrons. The molecule has 0 aliphatic carbocycles. The number of amides is 3. The average molecular weight is 568 g/mol. The van der Waals surface area contributed by atoms with Gasteiger partial charge in [0.15, 0.2) is 11.4 Å². The third-order valence-electron chi connectivity index (χ3n) is 6.34. The summed E-state index contributed by atoms with van der Waals surface area (Å²) >= 11 is 0. The third kappa shape index (κ3) is 7.93. The van der Waals surface area contributed by atoms with Crippen LogP contribution >= 0.6 is 12.4 Å². The highest BCUT2D eigenvalue weighted by atomic mass is 35.5. The second-order valence-corrected chi connectivity index (χ2v) is 9.21. The molecule has 0 saturated heterocycles. The van der Waals surface area contributed by atoms with E-state index in [-0.39, 0.29) is 55.4 Å². The second-order valence-electron chi connectivity index (χ2n) is 9.21. The van der Waals surface area contributed by atoms with E-state index in [4.69, 9.17) is 10.5 Å². The van der Waals surface area contributed by atoms with Crippen LogP contribution in [0.4, 0.5) is 0 Å². The molecule has 11 heteroatoms. The van der Waals surface area contributed by atoms with Crippen molar-refractivity contribution in [3.05, 3.63) is 77.6 Å². The van der Waals surface area contributed by atoms with E-state index in [0.29, 0.717) is 55.8 Å². The van der Waals surface area contributed by atoms with Gasteiger partial charge in [-0.05, 0) is 66.8 Å². The summed E-state index contributed by atoms with van der Waals surface area (Å²) in [6.07, 6.45) is 3.17. The minimum Gasteiger partial charge on any atom is -0.507 e. The lowest BCUT2D eigenvalue weighted by atomic mass is 9.98. The van der Waals surface area contributed by atoms with Crippen molar-refractivity contribution >= 4 is 30.1 Å². The Morgan fingerprint density at radius 3 is 2.67 bits per heavy atom. The van der Waals surface area contributed by atoms with Crippen molar-refractivity contribution in [1.82, 2.24) is 20.5 Å². The molecule has 0 radical (unpaired) electrons. The SMILES string of the molecule is Cl.NCCOc1cccnc1C(=O)N1CCCCNC(=O)c2cccc(c2)-c2cc(ccc2O)CCNC(=O)C1. The number of phenolic OH excluding ortho intramolecular Hbond substituents is 1. The Bertz CT molecular complexity index is 1340. The predicted octanol–water partition coefficient (Wildman–Crippen LogP) is 2.54. The van der Waals surface area contributed by atoms with Gasteiger partial charge in [0.2, 0.25) is 5.91 Å². The molecular weight excluding hydrogens is 534 g/mol. The Labute approximate surface area is 239 Å². The van der Waals surface area contributed by atoms with E-state index in [9.17, 15) is 19.5 Å². The molecule has 0 unspecified atom stereocenters. The van der Waals surface area contributed by atoms with Crippen molar-refractivity contribution in [2.24, 2.45) is 5.73 Å². The highest BCUT2D eigenvalue weighted by Gasteiger charge is 2.23. The van der Waals surface area contributed by atoms with Gasteiger partial charge in [-0.15, -0.1) is 12.4 Å². The maximum absolute atomic E-state index is 13.4. The second kappa shape index (κ2) is 14.9. The van der Waals surface area contributed by atoms with E-state index in [2.05, 4.69) is 15.6 Å². The van der Waals surface area contributed by atoms with Gasteiger partial charge in [0.05, 0.1) is 6.54 Å². The van der Waals surface area contributed by atoms with Crippen LogP contribution in [0.25, 0.3) is 11.1 Å². The summed E-state index contributed by atoms with van der Waals surface area (Å²) in [6, 6.07) is 15.7. The van der Waals surface area contributed by atoms with Crippen molar-refractivity contribution in [3.8, 4) is 22.6 Å². The molecule has 2 heterocycles. The van der Waals surface area contributed by atoms with E-state index in [1.54, 1.807) is 42.5 Å². The summed E-state index contributed by atoms with van der Waals surface area (Å²) in [4.78, 5) is 44.7. The van der Waals surface area contributed by atoms with Crippen molar-refractivity contribution in [1.29, 1.82) is 0 Å². The van der Waals surface area contributed by atoms with Crippen LogP contribution in [0.2, 0.25) is 0 Å². The summed E-state index contributed by atoms with van der Waals surface area (Å²) in [6.45, 7) is 1.41. The summed E-state index contributed by atoms with van der Waals surface area (Å²) in [7, 11) is 0. The van der Waals surface area contributed by atoms with E-state index < -0.39 is 5.91 Å². The number of benzene rings is 2. The lowest BCUT2D eigenvalue weighted by molar-refractivity contribution is -0.121. The molecule has 3 amide bonds. The summed E-state index contributed by atoms with van der Waals surface area (Å²) in [5.41, 5.74) is 8.39. The number of nitrogens with two attached hydrogens (primary N) is 1. The minimum absolute atomic E-state index is 0. The minimum atomic E-state index is -0.420. The van der Waals surface area contributed by atoms with Crippen LogP contribution in [-0.2, 0) is 11.2 Å². The van der Waals surface area contributed by atoms with Crippen LogP contribution < -0.4 is 21.1 Å². The number of carbonyl (C=O) groups excluding carboxylic acids is 3. The highest BCUT2D eigenvalue weighted by molar-refractivity contribution is 5.97. The molecule has 4 rings (SSSR count). The first-order valence-electron chi connectivity index (χ1n) is 13.0. The van der Waals surface area contributed by atoms with Crippen LogP contribution in [-0.4, -0.2) is 72.0 Å². The van der Waals surface area contributed by atoms with Crippen molar-refractivity contribution < 1.29 is 24.2 Å². The van der Waals surface area contributed by atoms with Crippen LogP contribution in [0.15, 0.2) is 60.8 Å². The number of carbonyl (C=O) groups is 3. The first-order valence-corrected chi connectivity index (χ1v) is 13.0. The van der Waals surface area contributed by atoms with Crippen LogP contribution in [0.3, 0.4) is 0 Å². The summed E-state index contributed by atoms with van der Waals surface area (Å²) in [5, 5.41) is 16.3. The maximum Gasteiger partial charge on any atom is 0.276 e. The van der Waals surface area contributed by atoms with Gasteiger partial charge in [-0.25, -0.2) is 4.98 Å². The van der Waals surface area contributed by atoms with Gasteiger partial charge in [0, 0.05) is 43.5 Å². The zero-order valence-electron chi connectivity index (χ0n) is 22.1. The fourth-order valence-corrected chi connectivity index (χ4v) is 4.34. The Hall–Kier alpha value is -4.15. The van der Waals surface area contributed by atoms with Gasteiger partial charge in [0.1, 0.15) is 12.4 Å². The number of hydrogen-bond acceptors (Lipinski definition) is 7. The number of fused-ring (bicyclic) bond motifs is 5. The number of phenols is 1. The number of nitrogens with zero attached hydrogens (tertiary/aromatic N) is 2.